The second kappa shape index (κ2) is 8.52. The molecule has 1 atom stereocenters. The van der Waals surface area contributed by atoms with E-state index in [4.69, 9.17) is 4.74 Å². The van der Waals surface area contributed by atoms with Crippen molar-refractivity contribution in [3.63, 3.8) is 0 Å². The predicted molar refractivity (Wildman–Crippen MR) is 88.3 cm³/mol. The summed E-state index contributed by atoms with van der Waals surface area (Å²) in [5, 5.41) is 3.51. The zero-order chi connectivity index (χ0) is 15.1. The maximum Gasteiger partial charge on any atom is 0.0702 e. The number of ether oxygens (including phenoxy) is 1. The number of hydrogen-bond acceptors (Lipinski definition) is 3. The van der Waals surface area contributed by atoms with Gasteiger partial charge >= 0.3 is 0 Å². The topological polar surface area (TPSA) is 24.5 Å². The van der Waals surface area contributed by atoms with E-state index in [-0.39, 0.29) is 0 Å². The molecule has 1 fully saturated rings. The number of rotatable bonds is 8. The van der Waals surface area contributed by atoms with E-state index in [1.165, 1.54) is 24.0 Å². The molecular formula is C18H30N2O. The van der Waals surface area contributed by atoms with Crippen molar-refractivity contribution in [3.05, 3.63) is 35.4 Å². The van der Waals surface area contributed by atoms with Crippen molar-refractivity contribution in [2.24, 2.45) is 5.92 Å². The zero-order valence-electron chi connectivity index (χ0n) is 13.8. The van der Waals surface area contributed by atoms with Crippen LogP contribution in [0.25, 0.3) is 0 Å². The summed E-state index contributed by atoms with van der Waals surface area (Å²) in [6.45, 7) is 9.49. The molecule has 2 rings (SSSR count). The fourth-order valence-electron chi connectivity index (χ4n) is 2.86. The molecule has 0 spiro atoms. The summed E-state index contributed by atoms with van der Waals surface area (Å²) in [7, 11) is 2.19. The SMILES string of the molecule is CC(C)CNCc1cccc(CN(C)CC2CCCO2)c1. The van der Waals surface area contributed by atoms with Crippen LogP contribution in [0.3, 0.4) is 0 Å². The van der Waals surface area contributed by atoms with Crippen molar-refractivity contribution in [1.82, 2.24) is 10.2 Å². The predicted octanol–water partition coefficient (Wildman–Crippen LogP) is 3.04. The normalized spacial score (nSPS) is 18.8. The lowest BCUT2D eigenvalue weighted by Crippen LogP contribution is -2.28. The average Bonchev–Trinajstić information content (AvgIpc) is 2.91. The third kappa shape index (κ3) is 6.16. The van der Waals surface area contributed by atoms with E-state index in [0.717, 1.165) is 32.8 Å². The third-order valence-electron chi connectivity index (χ3n) is 3.86. The molecule has 21 heavy (non-hydrogen) atoms. The van der Waals surface area contributed by atoms with Gasteiger partial charge in [-0.1, -0.05) is 38.1 Å². The Morgan fingerprint density at radius 2 is 2.14 bits per heavy atom. The first-order chi connectivity index (χ1) is 10.1. The molecule has 1 heterocycles. The van der Waals surface area contributed by atoms with Crippen LogP contribution in [0.2, 0.25) is 0 Å². The Hall–Kier alpha value is -0.900. The van der Waals surface area contributed by atoms with Crippen LogP contribution in [-0.4, -0.2) is 37.7 Å². The fourth-order valence-corrected chi connectivity index (χ4v) is 2.86. The van der Waals surface area contributed by atoms with Gasteiger partial charge in [-0.3, -0.25) is 4.90 Å². The Morgan fingerprint density at radius 3 is 2.86 bits per heavy atom. The summed E-state index contributed by atoms with van der Waals surface area (Å²) in [4.78, 5) is 2.37. The number of benzene rings is 1. The van der Waals surface area contributed by atoms with Crippen LogP contribution in [0, 0.1) is 5.92 Å². The van der Waals surface area contributed by atoms with E-state index < -0.39 is 0 Å². The van der Waals surface area contributed by atoms with Crippen LogP contribution < -0.4 is 5.32 Å². The monoisotopic (exact) mass is 290 g/mol. The van der Waals surface area contributed by atoms with Crippen LogP contribution in [0.5, 0.6) is 0 Å². The largest absolute Gasteiger partial charge is 0.377 e. The van der Waals surface area contributed by atoms with Gasteiger partial charge in [0.1, 0.15) is 0 Å². The van der Waals surface area contributed by atoms with Gasteiger partial charge in [0.15, 0.2) is 0 Å². The minimum Gasteiger partial charge on any atom is -0.377 e. The molecule has 3 nitrogen and oxygen atoms in total. The van der Waals surface area contributed by atoms with Crippen molar-refractivity contribution in [1.29, 1.82) is 0 Å². The smallest absolute Gasteiger partial charge is 0.0702 e. The molecule has 0 amide bonds. The molecule has 1 aromatic rings. The highest BCUT2D eigenvalue weighted by Gasteiger charge is 2.17. The van der Waals surface area contributed by atoms with E-state index in [9.17, 15) is 0 Å². The molecular weight excluding hydrogens is 260 g/mol. The highest BCUT2D eigenvalue weighted by atomic mass is 16.5. The van der Waals surface area contributed by atoms with Crippen LogP contribution >= 0.6 is 0 Å². The summed E-state index contributed by atoms with van der Waals surface area (Å²) in [6, 6.07) is 8.91. The Kier molecular flexibility index (Phi) is 6.68. The standard InChI is InChI=1S/C18H30N2O/c1-15(2)11-19-12-16-6-4-7-17(10-16)13-20(3)14-18-8-5-9-21-18/h4,6-7,10,15,18-19H,5,8-9,11-14H2,1-3H3. The number of hydrogen-bond donors (Lipinski definition) is 1. The quantitative estimate of drug-likeness (QED) is 0.796. The molecule has 0 aliphatic carbocycles. The number of nitrogens with zero attached hydrogens (tertiary/aromatic N) is 1. The zero-order valence-corrected chi connectivity index (χ0v) is 13.8. The highest BCUT2D eigenvalue weighted by Crippen LogP contribution is 2.14. The van der Waals surface area contributed by atoms with Crippen molar-refractivity contribution >= 4 is 0 Å². The van der Waals surface area contributed by atoms with E-state index >= 15 is 0 Å². The van der Waals surface area contributed by atoms with Crippen LogP contribution in [0.4, 0.5) is 0 Å². The van der Waals surface area contributed by atoms with E-state index in [1.54, 1.807) is 0 Å². The number of nitrogens with one attached hydrogen (secondary N) is 1. The van der Waals surface area contributed by atoms with Gasteiger partial charge in [0.2, 0.25) is 0 Å². The maximum atomic E-state index is 5.71. The van der Waals surface area contributed by atoms with Gasteiger partial charge in [-0.2, -0.15) is 0 Å². The molecule has 1 saturated heterocycles. The molecule has 0 bridgehead atoms. The lowest BCUT2D eigenvalue weighted by Gasteiger charge is -2.20. The molecule has 1 aliphatic heterocycles. The molecule has 1 N–H and O–H groups in total. The lowest BCUT2D eigenvalue weighted by molar-refractivity contribution is 0.0793. The molecule has 0 aromatic heterocycles. The molecule has 1 unspecified atom stereocenters. The molecule has 118 valence electrons. The van der Waals surface area contributed by atoms with E-state index in [0.29, 0.717) is 12.0 Å². The molecule has 3 heteroatoms. The minimum atomic E-state index is 0.436. The van der Waals surface area contributed by atoms with Gasteiger partial charge in [-0.25, -0.2) is 0 Å². The van der Waals surface area contributed by atoms with Crippen molar-refractivity contribution < 1.29 is 4.74 Å². The van der Waals surface area contributed by atoms with Gasteiger partial charge in [0.05, 0.1) is 6.10 Å². The van der Waals surface area contributed by atoms with Crippen LogP contribution in [-0.2, 0) is 17.8 Å². The average molecular weight is 290 g/mol. The van der Waals surface area contributed by atoms with Crippen LogP contribution in [0.15, 0.2) is 24.3 Å². The summed E-state index contributed by atoms with van der Waals surface area (Å²) in [5.74, 6) is 0.700. The van der Waals surface area contributed by atoms with Gasteiger partial charge in [0, 0.05) is 26.2 Å². The molecule has 0 saturated carbocycles. The first-order valence-electron chi connectivity index (χ1n) is 8.22. The van der Waals surface area contributed by atoms with Gasteiger partial charge in [-0.15, -0.1) is 0 Å². The fraction of sp³-hybridized carbons (Fsp3) is 0.667. The first kappa shape index (κ1) is 16.5. The van der Waals surface area contributed by atoms with E-state index in [2.05, 4.69) is 55.4 Å². The van der Waals surface area contributed by atoms with Crippen LogP contribution in [0.1, 0.15) is 37.8 Å². The Labute approximate surface area is 129 Å². The summed E-state index contributed by atoms with van der Waals surface area (Å²) >= 11 is 0. The van der Waals surface area contributed by atoms with Gasteiger partial charge in [0.25, 0.3) is 0 Å². The lowest BCUT2D eigenvalue weighted by atomic mass is 10.1. The number of likely N-dealkylation sites (N-methyl/N-ethyl adjacent to an activating group) is 1. The van der Waals surface area contributed by atoms with E-state index in [1.807, 2.05) is 0 Å². The highest BCUT2D eigenvalue weighted by molar-refractivity contribution is 5.23. The summed E-state index contributed by atoms with van der Waals surface area (Å²) < 4.78 is 5.71. The second-order valence-corrected chi connectivity index (χ2v) is 6.68. The Bertz CT molecular complexity index is 413. The second-order valence-electron chi connectivity index (χ2n) is 6.68. The Morgan fingerprint density at radius 1 is 1.33 bits per heavy atom. The van der Waals surface area contributed by atoms with Crippen molar-refractivity contribution in [3.8, 4) is 0 Å². The molecule has 0 radical (unpaired) electrons. The third-order valence-corrected chi connectivity index (χ3v) is 3.86. The summed E-state index contributed by atoms with van der Waals surface area (Å²) in [6.07, 6.45) is 2.87. The minimum absolute atomic E-state index is 0.436. The summed E-state index contributed by atoms with van der Waals surface area (Å²) in [5.41, 5.74) is 2.76. The molecule has 1 aromatic carbocycles. The van der Waals surface area contributed by atoms with Crippen molar-refractivity contribution in [2.75, 3.05) is 26.7 Å². The Balaban J connectivity index is 1.79. The van der Waals surface area contributed by atoms with Gasteiger partial charge in [-0.05, 0) is 43.5 Å². The first-order valence-corrected chi connectivity index (χ1v) is 8.22. The van der Waals surface area contributed by atoms with Crippen molar-refractivity contribution in [2.45, 2.75) is 45.9 Å². The van der Waals surface area contributed by atoms with Gasteiger partial charge < -0.3 is 10.1 Å². The molecule has 1 aliphatic rings. The maximum absolute atomic E-state index is 5.71.